The van der Waals surface area contributed by atoms with E-state index in [1.54, 1.807) is 4.90 Å². The summed E-state index contributed by atoms with van der Waals surface area (Å²) in [4.78, 5) is 37.0. The molecule has 2 N–H and O–H groups in total. The van der Waals surface area contributed by atoms with Gasteiger partial charge in [-0.05, 0) is 40.2 Å². The van der Waals surface area contributed by atoms with Crippen molar-refractivity contribution in [3.8, 4) is 0 Å². The zero-order chi connectivity index (χ0) is 16.0. The largest absolute Gasteiger partial charge is 0.468 e. The number of esters is 1. The van der Waals surface area contributed by atoms with Gasteiger partial charge in [-0.15, -0.1) is 0 Å². The van der Waals surface area contributed by atoms with Crippen molar-refractivity contribution in [2.75, 3.05) is 20.2 Å². The first-order valence-corrected chi connectivity index (χ1v) is 7.17. The van der Waals surface area contributed by atoms with Crippen LogP contribution < -0.4 is 10.6 Å². The number of hydrogen-bond donors (Lipinski definition) is 2. The molecule has 0 radical (unpaired) electrons. The first-order chi connectivity index (χ1) is 9.73. The molecule has 1 fully saturated rings. The number of likely N-dealkylation sites (tertiary alicyclic amines) is 1. The zero-order valence-electron chi connectivity index (χ0n) is 13.2. The summed E-state index contributed by atoms with van der Waals surface area (Å²) in [5.41, 5.74) is -0.413. The summed E-state index contributed by atoms with van der Waals surface area (Å²) in [5.74, 6) is -0.755. The summed E-state index contributed by atoms with van der Waals surface area (Å²) in [6.45, 7) is 6.14. The smallest absolute Gasteiger partial charge is 0.323 e. The van der Waals surface area contributed by atoms with Crippen LogP contribution in [0.25, 0.3) is 0 Å². The van der Waals surface area contributed by atoms with E-state index in [-0.39, 0.29) is 12.5 Å². The van der Waals surface area contributed by atoms with Gasteiger partial charge in [0.2, 0.25) is 5.91 Å². The lowest BCUT2D eigenvalue weighted by atomic mass is 10.0. The predicted octanol–water partition coefficient (Wildman–Crippen LogP) is 0.638. The lowest BCUT2D eigenvalue weighted by molar-refractivity contribution is -0.148. The number of piperidine rings is 1. The Morgan fingerprint density at radius 2 is 1.90 bits per heavy atom. The Morgan fingerprint density at radius 3 is 2.48 bits per heavy atom. The van der Waals surface area contributed by atoms with E-state index < -0.39 is 23.5 Å². The second kappa shape index (κ2) is 7.40. The molecule has 1 aliphatic rings. The van der Waals surface area contributed by atoms with Gasteiger partial charge in [-0.25, -0.2) is 4.79 Å². The minimum absolute atomic E-state index is 0.0112. The molecule has 1 heterocycles. The lowest BCUT2D eigenvalue weighted by Gasteiger charge is -2.33. The summed E-state index contributed by atoms with van der Waals surface area (Å²) in [6.07, 6.45) is 2.53. The van der Waals surface area contributed by atoms with Crippen LogP contribution in [0.2, 0.25) is 0 Å². The maximum Gasteiger partial charge on any atom is 0.323 e. The summed E-state index contributed by atoms with van der Waals surface area (Å²) in [6, 6.07) is -0.931. The third-order valence-corrected chi connectivity index (χ3v) is 3.18. The number of urea groups is 1. The van der Waals surface area contributed by atoms with Gasteiger partial charge in [0, 0.05) is 5.54 Å². The van der Waals surface area contributed by atoms with Gasteiger partial charge in [0.25, 0.3) is 0 Å². The molecule has 7 nitrogen and oxygen atoms in total. The van der Waals surface area contributed by atoms with Crippen LogP contribution in [0.15, 0.2) is 0 Å². The van der Waals surface area contributed by atoms with Gasteiger partial charge in [-0.3, -0.25) is 19.8 Å². The highest BCUT2D eigenvalue weighted by Gasteiger charge is 2.31. The third kappa shape index (κ3) is 6.12. The van der Waals surface area contributed by atoms with Crippen molar-refractivity contribution in [2.45, 2.75) is 51.6 Å². The Morgan fingerprint density at radius 1 is 1.24 bits per heavy atom. The molecule has 0 spiro atoms. The number of carbonyl (C=O) groups excluding carboxylic acids is 3. The van der Waals surface area contributed by atoms with Crippen LogP contribution in [-0.2, 0) is 14.3 Å². The molecule has 3 amide bonds. The van der Waals surface area contributed by atoms with Crippen molar-refractivity contribution in [3.05, 3.63) is 0 Å². The topological polar surface area (TPSA) is 87.7 Å². The van der Waals surface area contributed by atoms with Crippen molar-refractivity contribution < 1.29 is 19.1 Å². The molecule has 21 heavy (non-hydrogen) atoms. The van der Waals surface area contributed by atoms with Gasteiger partial charge in [0.1, 0.15) is 6.04 Å². The third-order valence-electron chi connectivity index (χ3n) is 3.18. The van der Waals surface area contributed by atoms with Gasteiger partial charge in [-0.1, -0.05) is 6.42 Å². The average Bonchev–Trinajstić information content (AvgIpc) is 2.35. The molecule has 1 rings (SSSR count). The molecule has 0 saturated carbocycles. The second-order valence-corrected chi connectivity index (χ2v) is 6.26. The van der Waals surface area contributed by atoms with Crippen LogP contribution in [0.5, 0.6) is 0 Å². The number of methoxy groups -OCH3 is 1. The molecule has 120 valence electrons. The first-order valence-electron chi connectivity index (χ1n) is 7.17. The fourth-order valence-corrected chi connectivity index (χ4v) is 2.31. The zero-order valence-corrected chi connectivity index (χ0v) is 13.2. The Hall–Kier alpha value is -1.63. The molecule has 1 unspecified atom stereocenters. The minimum atomic E-state index is -0.529. The van der Waals surface area contributed by atoms with E-state index in [0.717, 1.165) is 12.8 Å². The lowest BCUT2D eigenvalue weighted by Crippen LogP contribution is -2.53. The standard InChI is InChI=1S/C14H25N3O4/c1-14(2,3)16-13(20)15-11(18)9-17-8-6-5-7-10(17)12(19)21-4/h10H,5-9H2,1-4H3,(H2,15,16,18,20). The number of ether oxygens (including phenoxy) is 1. The van der Waals surface area contributed by atoms with Crippen molar-refractivity contribution in [3.63, 3.8) is 0 Å². The SMILES string of the molecule is COC(=O)C1CCCCN1CC(=O)NC(=O)NC(C)(C)C. The molecule has 1 saturated heterocycles. The highest BCUT2D eigenvalue weighted by Crippen LogP contribution is 2.17. The molecule has 0 aliphatic carbocycles. The van der Waals surface area contributed by atoms with Crippen LogP contribution in [0.1, 0.15) is 40.0 Å². The Balaban J connectivity index is 2.52. The monoisotopic (exact) mass is 299 g/mol. The summed E-state index contributed by atoms with van der Waals surface area (Å²) in [7, 11) is 1.34. The normalized spacial score (nSPS) is 19.7. The molecule has 0 aromatic heterocycles. The highest BCUT2D eigenvalue weighted by atomic mass is 16.5. The van der Waals surface area contributed by atoms with Crippen LogP contribution in [-0.4, -0.2) is 54.6 Å². The van der Waals surface area contributed by atoms with Gasteiger partial charge in [0.05, 0.1) is 13.7 Å². The molecule has 0 bridgehead atoms. The number of amides is 3. The van der Waals surface area contributed by atoms with Crippen LogP contribution in [0.3, 0.4) is 0 Å². The molecule has 1 atom stereocenters. The Bertz CT molecular complexity index is 404. The van der Waals surface area contributed by atoms with E-state index in [0.29, 0.717) is 13.0 Å². The van der Waals surface area contributed by atoms with E-state index in [2.05, 4.69) is 10.6 Å². The van der Waals surface area contributed by atoms with Crippen LogP contribution in [0, 0.1) is 0 Å². The van der Waals surface area contributed by atoms with E-state index >= 15 is 0 Å². The number of nitrogens with zero attached hydrogens (tertiary/aromatic N) is 1. The quantitative estimate of drug-likeness (QED) is 0.747. The number of rotatable bonds is 3. The number of imide groups is 1. The Labute approximate surface area is 125 Å². The fraction of sp³-hybridized carbons (Fsp3) is 0.786. The first kappa shape index (κ1) is 17.4. The second-order valence-electron chi connectivity index (χ2n) is 6.26. The van der Waals surface area contributed by atoms with Crippen molar-refractivity contribution in [2.24, 2.45) is 0 Å². The maximum absolute atomic E-state index is 11.9. The summed E-state index contributed by atoms with van der Waals surface area (Å²) >= 11 is 0. The summed E-state index contributed by atoms with van der Waals surface area (Å²) in [5, 5.41) is 4.93. The summed E-state index contributed by atoms with van der Waals surface area (Å²) < 4.78 is 4.76. The molecule has 0 aromatic carbocycles. The van der Waals surface area contributed by atoms with Crippen molar-refractivity contribution in [1.29, 1.82) is 0 Å². The number of hydrogen-bond acceptors (Lipinski definition) is 5. The minimum Gasteiger partial charge on any atom is -0.468 e. The number of carbonyl (C=O) groups is 3. The fourth-order valence-electron chi connectivity index (χ4n) is 2.31. The molecule has 1 aliphatic heterocycles. The van der Waals surface area contributed by atoms with E-state index in [4.69, 9.17) is 4.74 Å². The average molecular weight is 299 g/mol. The van der Waals surface area contributed by atoms with Gasteiger partial charge in [-0.2, -0.15) is 0 Å². The van der Waals surface area contributed by atoms with Gasteiger partial charge >= 0.3 is 12.0 Å². The van der Waals surface area contributed by atoms with Crippen molar-refractivity contribution >= 4 is 17.9 Å². The maximum atomic E-state index is 11.9. The number of nitrogens with one attached hydrogen (secondary N) is 2. The Kier molecular flexibility index (Phi) is 6.14. The highest BCUT2D eigenvalue weighted by molar-refractivity contribution is 5.95. The van der Waals surface area contributed by atoms with E-state index in [9.17, 15) is 14.4 Å². The van der Waals surface area contributed by atoms with Gasteiger partial charge in [0.15, 0.2) is 0 Å². The van der Waals surface area contributed by atoms with E-state index in [1.807, 2.05) is 20.8 Å². The van der Waals surface area contributed by atoms with Gasteiger partial charge < -0.3 is 10.1 Å². The predicted molar refractivity (Wildman–Crippen MR) is 77.7 cm³/mol. The van der Waals surface area contributed by atoms with Crippen LogP contribution in [0.4, 0.5) is 4.79 Å². The van der Waals surface area contributed by atoms with Crippen molar-refractivity contribution in [1.82, 2.24) is 15.5 Å². The molecular formula is C14H25N3O4. The van der Waals surface area contributed by atoms with E-state index in [1.165, 1.54) is 7.11 Å². The van der Waals surface area contributed by atoms with Crippen LogP contribution >= 0.6 is 0 Å². The molecule has 0 aromatic rings. The molecular weight excluding hydrogens is 274 g/mol. The molecule has 7 heteroatoms.